The van der Waals surface area contributed by atoms with Gasteiger partial charge >= 0.3 is 18.1 Å². The van der Waals surface area contributed by atoms with Gasteiger partial charge in [-0.1, -0.05) is 0 Å². The number of rotatable bonds is 4. The molecule has 0 radical (unpaired) electrons. The highest BCUT2D eigenvalue weighted by Gasteiger charge is 2.59. The molecule has 0 unspecified atom stereocenters. The van der Waals surface area contributed by atoms with Crippen LogP contribution in [0.1, 0.15) is 13.8 Å². The number of hydrogen-bond donors (Lipinski definition) is 2. The maximum absolute atomic E-state index is 12.8. The Labute approximate surface area is 105 Å². The van der Waals surface area contributed by atoms with Crippen molar-refractivity contribution < 1.29 is 31.5 Å². The van der Waals surface area contributed by atoms with Crippen LogP contribution in [0.15, 0.2) is 23.0 Å². The number of halogens is 5. The zero-order chi connectivity index (χ0) is 15.4. The Bertz CT molecular complexity index is 413. The second-order valence-electron chi connectivity index (χ2n) is 3.49. The second kappa shape index (κ2) is 5.89. The summed E-state index contributed by atoms with van der Waals surface area (Å²) in [6.07, 6.45) is -5.54. The van der Waals surface area contributed by atoms with Gasteiger partial charge in [-0.3, -0.25) is 0 Å². The third-order valence-corrected chi connectivity index (χ3v) is 2.01. The Balaban J connectivity index is 5.36. The Morgan fingerprint density at radius 2 is 1.68 bits per heavy atom. The van der Waals surface area contributed by atoms with E-state index in [0.717, 1.165) is 6.92 Å². The van der Waals surface area contributed by atoms with Crippen LogP contribution in [0.5, 0.6) is 0 Å². The zero-order valence-electron chi connectivity index (χ0n) is 10.1. The summed E-state index contributed by atoms with van der Waals surface area (Å²) in [5, 5.41) is 0. The van der Waals surface area contributed by atoms with Crippen LogP contribution in [-0.4, -0.2) is 24.7 Å². The lowest BCUT2D eigenvalue weighted by Crippen LogP contribution is -2.41. The summed E-state index contributed by atoms with van der Waals surface area (Å²) in [7, 11) is 0. The van der Waals surface area contributed by atoms with Crippen molar-refractivity contribution in [2.45, 2.75) is 25.9 Å². The van der Waals surface area contributed by atoms with Crippen molar-refractivity contribution in [2.24, 2.45) is 11.5 Å². The monoisotopic (exact) mass is 288 g/mol. The summed E-state index contributed by atoms with van der Waals surface area (Å²) in [5.41, 5.74) is 7.22. The first-order valence-electron chi connectivity index (χ1n) is 5.00. The fourth-order valence-corrected chi connectivity index (χ4v) is 0.935. The molecule has 4 N–H and O–H groups in total. The van der Waals surface area contributed by atoms with E-state index in [0.29, 0.717) is 6.08 Å². The number of nitrogens with two attached hydrogens (primary N) is 2. The predicted octanol–water partition coefficient (Wildman–Crippen LogP) is 1.82. The minimum absolute atomic E-state index is 0.0231. The Morgan fingerprint density at radius 1 is 1.21 bits per heavy atom. The van der Waals surface area contributed by atoms with Crippen molar-refractivity contribution in [3.05, 3.63) is 23.0 Å². The van der Waals surface area contributed by atoms with Gasteiger partial charge < -0.3 is 16.2 Å². The average Bonchev–Trinajstić information content (AvgIpc) is 2.26. The number of alkyl halides is 5. The first kappa shape index (κ1) is 17.2. The highest BCUT2D eigenvalue weighted by Crippen LogP contribution is 2.39. The van der Waals surface area contributed by atoms with Crippen LogP contribution in [0, 0.1) is 0 Å². The smallest absolute Gasteiger partial charge is 0.459 e. The maximum atomic E-state index is 12.8. The molecule has 110 valence electrons. The molecule has 0 aromatic heterocycles. The molecule has 0 rings (SSSR count). The number of carbonyl (C=O) groups excluding carboxylic acids is 1. The number of carbonyl (C=O) groups is 1. The van der Waals surface area contributed by atoms with E-state index in [1.165, 1.54) is 6.92 Å². The number of hydrogen-bond acceptors (Lipinski definition) is 4. The molecule has 0 atom stereocenters. The number of allylic oxidation sites excluding steroid dienone is 3. The molecule has 4 nitrogen and oxygen atoms in total. The number of ether oxygens (including phenoxy) is 1. The van der Waals surface area contributed by atoms with Gasteiger partial charge in [0.15, 0.2) is 0 Å². The molecular weight excluding hydrogens is 275 g/mol. The van der Waals surface area contributed by atoms with Gasteiger partial charge in [-0.2, -0.15) is 22.0 Å². The van der Waals surface area contributed by atoms with E-state index in [1.54, 1.807) is 0 Å². The van der Waals surface area contributed by atoms with Crippen LogP contribution in [0.4, 0.5) is 22.0 Å². The summed E-state index contributed by atoms with van der Waals surface area (Å²) < 4.78 is 66.1. The zero-order valence-corrected chi connectivity index (χ0v) is 10.1. The molecule has 0 amide bonds. The maximum Gasteiger partial charge on any atom is 0.459 e. The molecule has 0 aliphatic heterocycles. The molecular formula is C10H13F5N2O2. The molecule has 0 saturated carbocycles. The van der Waals surface area contributed by atoms with Crippen molar-refractivity contribution in [3.63, 3.8) is 0 Å². The van der Waals surface area contributed by atoms with Crippen LogP contribution >= 0.6 is 0 Å². The summed E-state index contributed by atoms with van der Waals surface area (Å²) in [5.74, 6) is -6.23. The molecule has 9 heteroatoms. The third kappa shape index (κ3) is 4.11. The molecule has 0 bridgehead atoms. The minimum Gasteiger partial charge on any atom is -0.461 e. The van der Waals surface area contributed by atoms with Gasteiger partial charge in [0.25, 0.3) is 0 Å². The summed E-state index contributed by atoms with van der Waals surface area (Å²) in [6.45, 7) is 2.51. The van der Waals surface area contributed by atoms with E-state index in [2.05, 4.69) is 4.74 Å². The summed E-state index contributed by atoms with van der Waals surface area (Å²) in [4.78, 5) is 11.1. The Hall–Kier alpha value is -1.80. The average molecular weight is 288 g/mol. The van der Waals surface area contributed by atoms with Gasteiger partial charge in [0, 0.05) is 0 Å². The van der Waals surface area contributed by atoms with Crippen molar-refractivity contribution in [3.8, 4) is 0 Å². The van der Waals surface area contributed by atoms with Gasteiger partial charge in [-0.15, -0.1) is 0 Å². The summed E-state index contributed by atoms with van der Waals surface area (Å²) in [6, 6.07) is 0. The molecule has 0 aromatic rings. The third-order valence-electron chi connectivity index (χ3n) is 2.01. The Kier molecular flexibility index (Phi) is 5.34. The molecule has 0 spiro atoms. The molecule has 0 saturated heterocycles. The van der Waals surface area contributed by atoms with E-state index in [4.69, 9.17) is 11.5 Å². The van der Waals surface area contributed by atoms with Crippen molar-refractivity contribution >= 4 is 5.97 Å². The van der Waals surface area contributed by atoms with Crippen molar-refractivity contribution in [1.29, 1.82) is 0 Å². The van der Waals surface area contributed by atoms with E-state index in [-0.39, 0.29) is 12.2 Å². The topological polar surface area (TPSA) is 78.3 Å². The van der Waals surface area contributed by atoms with Gasteiger partial charge in [-0.05, 0) is 25.5 Å². The molecule has 0 fully saturated rings. The van der Waals surface area contributed by atoms with Crippen molar-refractivity contribution in [2.75, 3.05) is 6.61 Å². The highest BCUT2D eigenvalue weighted by molar-refractivity contribution is 5.88. The van der Waals surface area contributed by atoms with Crippen LogP contribution in [0.3, 0.4) is 0 Å². The summed E-state index contributed by atoms with van der Waals surface area (Å²) >= 11 is 0. The van der Waals surface area contributed by atoms with Gasteiger partial charge in [0.1, 0.15) is 5.70 Å². The lowest BCUT2D eigenvalue weighted by molar-refractivity contribution is -0.264. The highest BCUT2D eigenvalue weighted by atomic mass is 19.4. The fraction of sp³-hybridized carbons (Fsp3) is 0.500. The molecule has 0 aliphatic carbocycles. The molecule has 0 heterocycles. The lowest BCUT2D eigenvalue weighted by Gasteiger charge is -2.20. The molecule has 0 aromatic carbocycles. The normalized spacial score (nSPS) is 15.0. The fourth-order valence-electron chi connectivity index (χ4n) is 0.935. The van der Waals surface area contributed by atoms with Crippen LogP contribution in [0.2, 0.25) is 0 Å². The van der Waals surface area contributed by atoms with Gasteiger partial charge in [0.05, 0.1) is 12.3 Å². The van der Waals surface area contributed by atoms with E-state index >= 15 is 0 Å². The predicted molar refractivity (Wildman–Crippen MR) is 56.8 cm³/mol. The first-order chi connectivity index (χ1) is 8.45. The van der Waals surface area contributed by atoms with Gasteiger partial charge in [-0.25, -0.2) is 4.79 Å². The van der Waals surface area contributed by atoms with Crippen LogP contribution in [0.25, 0.3) is 0 Å². The van der Waals surface area contributed by atoms with Crippen LogP contribution in [-0.2, 0) is 9.53 Å². The van der Waals surface area contributed by atoms with E-state index in [9.17, 15) is 26.7 Å². The van der Waals surface area contributed by atoms with E-state index < -0.39 is 29.5 Å². The SMILES string of the molecule is CCOC(=O)/C(N)=C(C)/C=C(\N)C(F)(F)C(F)(F)F. The van der Waals surface area contributed by atoms with Crippen molar-refractivity contribution in [1.82, 2.24) is 0 Å². The lowest BCUT2D eigenvalue weighted by atomic mass is 10.1. The Morgan fingerprint density at radius 3 is 2.05 bits per heavy atom. The second-order valence-corrected chi connectivity index (χ2v) is 3.49. The number of esters is 1. The molecule has 19 heavy (non-hydrogen) atoms. The minimum atomic E-state index is -5.83. The van der Waals surface area contributed by atoms with E-state index in [1.807, 2.05) is 0 Å². The first-order valence-corrected chi connectivity index (χ1v) is 5.00. The standard InChI is InChI=1S/C10H13F5N2O2/c1-3-19-8(18)7(17)5(2)4-6(16)9(11,12)10(13,14)15/h4H,3,16-17H2,1-2H3/b6-4-,7-5-. The van der Waals surface area contributed by atoms with Crippen LogP contribution < -0.4 is 11.5 Å². The largest absolute Gasteiger partial charge is 0.461 e. The van der Waals surface area contributed by atoms with Gasteiger partial charge in [0.2, 0.25) is 0 Å². The quantitative estimate of drug-likeness (QED) is 0.358. The molecule has 0 aliphatic rings.